The second-order valence-electron chi connectivity index (χ2n) is 7.58. The van der Waals surface area contributed by atoms with Crippen LogP contribution in [0.25, 0.3) is 0 Å². The van der Waals surface area contributed by atoms with Crippen molar-refractivity contribution in [2.75, 3.05) is 25.1 Å². The molecule has 0 aromatic rings. The smallest absolute Gasteiger partial charge is 0.307 e. The van der Waals surface area contributed by atoms with E-state index in [-0.39, 0.29) is 28.4 Å². The minimum atomic E-state index is -3.06. The molecule has 0 aromatic carbocycles. The van der Waals surface area contributed by atoms with Crippen molar-refractivity contribution in [3.05, 3.63) is 0 Å². The molecule has 0 radical (unpaired) electrons. The number of piperidine rings is 1. The van der Waals surface area contributed by atoms with Crippen molar-refractivity contribution in [2.24, 2.45) is 16.7 Å². The number of nitrogens with zero attached hydrogens (tertiary/aromatic N) is 1. The van der Waals surface area contributed by atoms with Gasteiger partial charge in [0, 0.05) is 25.8 Å². The van der Waals surface area contributed by atoms with Crippen molar-refractivity contribution >= 4 is 21.7 Å². The second-order valence-corrected chi connectivity index (χ2v) is 9.73. The Bertz CT molecular complexity index is 599. The molecule has 7 heteroatoms. The topological polar surface area (TPSA) is 91.8 Å². The van der Waals surface area contributed by atoms with E-state index >= 15 is 0 Å². The minimum absolute atomic E-state index is 0.0310. The average molecular weight is 329 g/mol. The Labute approximate surface area is 130 Å². The van der Waals surface area contributed by atoms with Gasteiger partial charge in [-0.25, -0.2) is 8.42 Å². The number of amides is 1. The number of aliphatic carboxylic acids is 1. The normalized spacial score (nSPS) is 28.4. The standard InChI is InChI=1S/C15H23NO5S/c1-22(20,21)10-14(2-3-14)9-12(17)16-6-4-15(5-7-16)8-11(15)13(18)19/h11H,2-10H2,1H3,(H,18,19). The van der Waals surface area contributed by atoms with Crippen LogP contribution in [0, 0.1) is 16.7 Å². The van der Waals surface area contributed by atoms with Gasteiger partial charge in [0.15, 0.2) is 0 Å². The third-order valence-electron chi connectivity index (χ3n) is 5.65. The van der Waals surface area contributed by atoms with Gasteiger partial charge in [-0.15, -0.1) is 0 Å². The molecule has 124 valence electrons. The van der Waals surface area contributed by atoms with Crippen LogP contribution in [-0.4, -0.2) is 55.4 Å². The minimum Gasteiger partial charge on any atom is -0.481 e. The Balaban J connectivity index is 1.52. The molecule has 1 spiro atoms. The zero-order valence-corrected chi connectivity index (χ0v) is 13.7. The van der Waals surface area contributed by atoms with Gasteiger partial charge in [-0.2, -0.15) is 0 Å². The number of carbonyl (C=O) groups excluding carboxylic acids is 1. The van der Waals surface area contributed by atoms with Crippen LogP contribution in [0.4, 0.5) is 0 Å². The molecule has 6 nitrogen and oxygen atoms in total. The molecule has 1 saturated heterocycles. The summed E-state index contributed by atoms with van der Waals surface area (Å²) in [6.45, 7) is 1.22. The molecule has 1 heterocycles. The molecule has 0 bridgehead atoms. The summed E-state index contributed by atoms with van der Waals surface area (Å²) in [6.07, 6.45) is 5.41. The van der Waals surface area contributed by atoms with Gasteiger partial charge in [0.25, 0.3) is 0 Å². The first-order chi connectivity index (χ1) is 10.1. The summed E-state index contributed by atoms with van der Waals surface area (Å²) in [7, 11) is -3.06. The third-order valence-corrected chi connectivity index (χ3v) is 6.79. The van der Waals surface area contributed by atoms with Gasteiger partial charge in [-0.05, 0) is 42.9 Å². The van der Waals surface area contributed by atoms with Crippen LogP contribution < -0.4 is 0 Å². The van der Waals surface area contributed by atoms with Gasteiger partial charge in [0.1, 0.15) is 9.84 Å². The van der Waals surface area contributed by atoms with Crippen LogP contribution in [-0.2, 0) is 19.4 Å². The second kappa shape index (κ2) is 4.94. The predicted molar refractivity (Wildman–Crippen MR) is 80.0 cm³/mol. The van der Waals surface area contributed by atoms with Gasteiger partial charge in [0.2, 0.25) is 5.91 Å². The number of carbonyl (C=O) groups is 2. The molecule has 1 unspecified atom stereocenters. The molecule has 22 heavy (non-hydrogen) atoms. The Morgan fingerprint density at radius 1 is 1.18 bits per heavy atom. The SMILES string of the molecule is CS(=O)(=O)CC1(CC(=O)N2CCC3(CC2)CC3C(=O)O)CC1. The maximum Gasteiger partial charge on any atom is 0.307 e. The molecular formula is C15H23NO5S. The van der Waals surface area contributed by atoms with Crippen molar-refractivity contribution in [3.63, 3.8) is 0 Å². The van der Waals surface area contributed by atoms with E-state index in [0.717, 1.165) is 32.1 Å². The lowest BCUT2D eigenvalue weighted by atomic mass is 9.90. The van der Waals surface area contributed by atoms with Crippen LogP contribution in [0.2, 0.25) is 0 Å². The van der Waals surface area contributed by atoms with Crippen molar-refractivity contribution in [1.29, 1.82) is 0 Å². The van der Waals surface area contributed by atoms with E-state index in [1.54, 1.807) is 4.90 Å². The number of carboxylic acids is 1. The molecule has 1 atom stereocenters. The lowest BCUT2D eigenvalue weighted by Gasteiger charge is -2.33. The van der Waals surface area contributed by atoms with E-state index < -0.39 is 15.8 Å². The number of rotatable bonds is 5. The Morgan fingerprint density at radius 3 is 2.18 bits per heavy atom. The van der Waals surface area contributed by atoms with Crippen molar-refractivity contribution in [1.82, 2.24) is 4.90 Å². The number of sulfone groups is 1. The van der Waals surface area contributed by atoms with Crippen LogP contribution >= 0.6 is 0 Å². The van der Waals surface area contributed by atoms with Gasteiger partial charge >= 0.3 is 5.97 Å². The molecule has 2 saturated carbocycles. The Kier molecular flexibility index (Phi) is 3.54. The molecular weight excluding hydrogens is 306 g/mol. The molecule has 2 aliphatic carbocycles. The van der Waals surface area contributed by atoms with E-state index in [1.165, 1.54) is 6.26 Å². The fourth-order valence-corrected chi connectivity index (χ4v) is 5.49. The zero-order valence-electron chi connectivity index (χ0n) is 12.9. The largest absolute Gasteiger partial charge is 0.481 e. The predicted octanol–water partition coefficient (Wildman–Crippen LogP) is 0.915. The van der Waals surface area contributed by atoms with Crippen LogP contribution in [0.3, 0.4) is 0 Å². The molecule has 1 N–H and O–H groups in total. The summed E-state index contributed by atoms with van der Waals surface area (Å²) >= 11 is 0. The summed E-state index contributed by atoms with van der Waals surface area (Å²) in [4.78, 5) is 25.2. The number of hydrogen-bond donors (Lipinski definition) is 1. The van der Waals surface area contributed by atoms with E-state index in [0.29, 0.717) is 19.5 Å². The third kappa shape index (κ3) is 3.14. The molecule has 1 aliphatic heterocycles. The van der Waals surface area contributed by atoms with Crippen LogP contribution in [0.15, 0.2) is 0 Å². The summed E-state index contributed by atoms with van der Waals surface area (Å²) in [6, 6.07) is 0. The van der Waals surface area contributed by atoms with E-state index in [1.807, 2.05) is 0 Å². The fourth-order valence-electron chi connectivity index (χ4n) is 3.99. The van der Waals surface area contributed by atoms with Crippen LogP contribution in [0.1, 0.15) is 38.5 Å². The monoisotopic (exact) mass is 329 g/mol. The maximum absolute atomic E-state index is 12.4. The van der Waals surface area contributed by atoms with Crippen molar-refractivity contribution in [2.45, 2.75) is 38.5 Å². The van der Waals surface area contributed by atoms with E-state index in [9.17, 15) is 18.0 Å². The maximum atomic E-state index is 12.4. The Hall–Kier alpha value is -1.11. The average Bonchev–Trinajstić information content (AvgIpc) is 3.27. The summed E-state index contributed by atoms with van der Waals surface area (Å²) < 4.78 is 22.9. The lowest BCUT2D eigenvalue weighted by Crippen LogP contribution is -2.41. The fraction of sp³-hybridized carbons (Fsp3) is 0.867. The molecule has 3 aliphatic rings. The number of likely N-dealkylation sites (tertiary alicyclic amines) is 1. The van der Waals surface area contributed by atoms with Gasteiger partial charge in [-0.1, -0.05) is 0 Å². The summed E-state index contributed by atoms with van der Waals surface area (Å²) in [5, 5.41) is 9.08. The Morgan fingerprint density at radius 2 is 1.77 bits per heavy atom. The summed E-state index contributed by atoms with van der Waals surface area (Å²) in [5.74, 6) is -0.817. The van der Waals surface area contributed by atoms with Crippen molar-refractivity contribution in [3.8, 4) is 0 Å². The molecule has 1 amide bonds. The summed E-state index contributed by atoms with van der Waals surface area (Å²) in [5.41, 5.74) is -0.407. The number of carboxylic acid groups (broad SMARTS) is 1. The first-order valence-corrected chi connectivity index (χ1v) is 9.89. The lowest BCUT2D eigenvalue weighted by molar-refractivity contribution is -0.140. The van der Waals surface area contributed by atoms with Crippen LogP contribution in [0.5, 0.6) is 0 Å². The highest BCUT2D eigenvalue weighted by atomic mass is 32.2. The molecule has 3 fully saturated rings. The van der Waals surface area contributed by atoms with Gasteiger partial charge in [0.05, 0.1) is 11.7 Å². The van der Waals surface area contributed by atoms with E-state index in [4.69, 9.17) is 5.11 Å². The van der Waals surface area contributed by atoms with Gasteiger partial charge < -0.3 is 10.0 Å². The first-order valence-electron chi connectivity index (χ1n) is 7.83. The highest BCUT2D eigenvalue weighted by Gasteiger charge is 2.59. The highest BCUT2D eigenvalue weighted by molar-refractivity contribution is 7.90. The highest BCUT2D eigenvalue weighted by Crippen LogP contribution is 2.59. The van der Waals surface area contributed by atoms with E-state index in [2.05, 4.69) is 0 Å². The first kappa shape index (κ1) is 15.8. The van der Waals surface area contributed by atoms with Gasteiger partial charge in [-0.3, -0.25) is 9.59 Å². The molecule has 3 rings (SSSR count). The molecule has 0 aromatic heterocycles. The quantitative estimate of drug-likeness (QED) is 0.809. The number of hydrogen-bond acceptors (Lipinski definition) is 4. The van der Waals surface area contributed by atoms with Crippen molar-refractivity contribution < 1.29 is 23.1 Å². The zero-order chi connectivity index (χ0) is 16.2.